The molecule has 0 aliphatic carbocycles. The fraction of sp³-hybridized carbons (Fsp3) is 0.263. The summed E-state index contributed by atoms with van der Waals surface area (Å²) in [5, 5.41) is 0. The molecule has 6 heteroatoms. The van der Waals surface area contributed by atoms with Crippen LogP contribution in [0.2, 0.25) is 0 Å². The molecule has 130 valence electrons. The van der Waals surface area contributed by atoms with Crippen LogP contribution in [0.4, 0.5) is 0 Å². The largest absolute Gasteiger partial charge is 0.490 e. The Balaban J connectivity index is 1.66. The third-order valence-electron chi connectivity index (χ3n) is 3.73. The van der Waals surface area contributed by atoms with Crippen LogP contribution in [0.3, 0.4) is 0 Å². The number of carbonyl (C=O) groups is 2. The summed E-state index contributed by atoms with van der Waals surface area (Å²) in [6, 6.07) is 12.1. The second-order valence-electron chi connectivity index (χ2n) is 5.41. The lowest BCUT2D eigenvalue weighted by Gasteiger charge is -2.10. The van der Waals surface area contributed by atoms with Gasteiger partial charge in [-0.05, 0) is 36.6 Å². The zero-order chi connectivity index (χ0) is 17.6. The Labute approximate surface area is 150 Å². The first-order valence-corrected chi connectivity index (χ1v) is 9.14. The fourth-order valence-corrected chi connectivity index (χ4v) is 3.03. The summed E-state index contributed by atoms with van der Waals surface area (Å²) in [6.07, 6.45) is 2.68. The Morgan fingerprint density at radius 2 is 1.84 bits per heavy atom. The van der Waals surface area contributed by atoms with Gasteiger partial charge in [-0.25, -0.2) is 4.79 Å². The topological polar surface area (TPSA) is 61.8 Å². The molecule has 5 nitrogen and oxygen atoms in total. The van der Waals surface area contributed by atoms with Crippen molar-refractivity contribution in [2.75, 3.05) is 26.1 Å². The average molecular weight is 358 g/mol. The number of Topliss-reactive ketones (excluding diaryl/α,β-unsaturated/α-hetero) is 1. The van der Waals surface area contributed by atoms with E-state index in [1.807, 2.05) is 18.4 Å². The molecule has 1 aliphatic rings. The highest BCUT2D eigenvalue weighted by atomic mass is 32.2. The number of hydrogen-bond acceptors (Lipinski definition) is 6. The van der Waals surface area contributed by atoms with Gasteiger partial charge in [-0.15, -0.1) is 11.8 Å². The van der Waals surface area contributed by atoms with Gasteiger partial charge in [0.25, 0.3) is 0 Å². The van der Waals surface area contributed by atoms with Crippen LogP contribution in [0.25, 0.3) is 0 Å². The Morgan fingerprint density at radius 3 is 2.64 bits per heavy atom. The predicted molar refractivity (Wildman–Crippen MR) is 94.9 cm³/mol. The molecular weight excluding hydrogens is 340 g/mol. The van der Waals surface area contributed by atoms with E-state index in [2.05, 4.69) is 0 Å². The first-order valence-electron chi connectivity index (χ1n) is 7.92. The molecule has 1 heterocycles. The van der Waals surface area contributed by atoms with Crippen LogP contribution < -0.4 is 9.47 Å². The van der Waals surface area contributed by atoms with Gasteiger partial charge in [-0.2, -0.15) is 0 Å². The lowest BCUT2D eigenvalue weighted by Crippen LogP contribution is -2.15. The van der Waals surface area contributed by atoms with Crippen molar-refractivity contribution in [2.45, 2.75) is 11.3 Å². The zero-order valence-corrected chi connectivity index (χ0v) is 14.6. The Kier molecular flexibility index (Phi) is 5.60. The third kappa shape index (κ3) is 4.14. The number of rotatable bonds is 5. The number of ether oxygens (including phenoxy) is 3. The smallest absolute Gasteiger partial charge is 0.339 e. The molecule has 0 saturated heterocycles. The van der Waals surface area contributed by atoms with Crippen LogP contribution in [0.1, 0.15) is 27.1 Å². The van der Waals surface area contributed by atoms with Crippen molar-refractivity contribution in [2.24, 2.45) is 0 Å². The molecule has 0 N–H and O–H groups in total. The van der Waals surface area contributed by atoms with Crippen molar-refractivity contribution in [3.63, 3.8) is 0 Å². The van der Waals surface area contributed by atoms with Gasteiger partial charge in [0.05, 0.1) is 18.8 Å². The summed E-state index contributed by atoms with van der Waals surface area (Å²) < 4.78 is 16.3. The van der Waals surface area contributed by atoms with Crippen molar-refractivity contribution in [3.8, 4) is 11.5 Å². The van der Waals surface area contributed by atoms with E-state index < -0.39 is 5.97 Å². The predicted octanol–water partition coefficient (Wildman–Crippen LogP) is 3.61. The van der Waals surface area contributed by atoms with Crippen LogP contribution in [-0.4, -0.2) is 37.8 Å². The molecule has 25 heavy (non-hydrogen) atoms. The van der Waals surface area contributed by atoms with Gasteiger partial charge in [-0.3, -0.25) is 4.79 Å². The third-order valence-corrected chi connectivity index (χ3v) is 4.53. The van der Waals surface area contributed by atoms with E-state index in [0.717, 1.165) is 11.3 Å². The van der Waals surface area contributed by atoms with Gasteiger partial charge >= 0.3 is 5.97 Å². The van der Waals surface area contributed by atoms with Crippen LogP contribution in [-0.2, 0) is 4.74 Å². The first kappa shape index (κ1) is 17.4. The van der Waals surface area contributed by atoms with E-state index in [0.29, 0.717) is 35.8 Å². The van der Waals surface area contributed by atoms with Crippen molar-refractivity contribution < 1.29 is 23.8 Å². The molecule has 1 aliphatic heterocycles. The summed E-state index contributed by atoms with van der Waals surface area (Å²) >= 11 is 1.46. The molecule has 0 radical (unpaired) electrons. The average Bonchev–Trinajstić information content (AvgIpc) is 2.90. The molecule has 0 amide bonds. The highest BCUT2D eigenvalue weighted by Gasteiger charge is 2.17. The highest BCUT2D eigenvalue weighted by Crippen LogP contribution is 2.30. The maximum atomic E-state index is 12.3. The molecule has 3 rings (SSSR count). The van der Waals surface area contributed by atoms with Gasteiger partial charge in [0.15, 0.2) is 23.9 Å². The standard InChI is InChI=1S/C19H18O5S/c1-25-18-6-3-2-5-14(18)19(21)24-12-15(20)13-7-8-16-17(11-13)23-10-4-9-22-16/h2-3,5-8,11H,4,9-10,12H2,1H3. The second kappa shape index (κ2) is 8.07. The van der Waals surface area contributed by atoms with E-state index in [4.69, 9.17) is 14.2 Å². The highest BCUT2D eigenvalue weighted by molar-refractivity contribution is 7.98. The van der Waals surface area contributed by atoms with Crippen LogP contribution >= 0.6 is 11.8 Å². The lowest BCUT2D eigenvalue weighted by molar-refractivity contribution is 0.0471. The maximum absolute atomic E-state index is 12.3. The number of fused-ring (bicyclic) bond motifs is 1. The van der Waals surface area contributed by atoms with E-state index in [1.54, 1.807) is 30.3 Å². The lowest BCUT2D eigenvalue weighted by atomic mass is 10.1. The minimum atomic E-state index is -0.507. The number of carbonyl (C=O) groups excluding carboxylic acids is 2. The van der Waals surface area contributed by atoms with Gasteiger partial charge in [0, 0.05) is 16.9 Å². The molecule has 0 atom stereocenters. The number of benzene rings is 2. The normalized spacial score (nSPS) is 13.0. The second-order valence-corrected chi connectivity index (χ2v) is 6.26. The van der Waals surface area contributed by atoms with Gasteiger partial charge < -0.3 is 14.2 Å². The van der Waals surface area contributed by atoms with Gasteiger partial charge in [0.1, 0.15) is 0 Å². The summed E-state index contributed by atoms with van der Waals surface area (Å²) in [4.78, 5) is 25.3. The van der Waals surface area contributed by atoms with Gasteiger partial charge in [0.2, 0.25) is 0 Å². The molecule has 2 aromatic carbocycles. The molecular formula is C19H18O5S. The molecule has 0 bridgehead atoms. The van der Waals surface area contributed by atoms with Crippen LogP contribution in [0, 0.1) is 0 Å². The van der Waals surface area contributed by atoms with Gasteiger partial charge in [-0.1, -0.05) is 12.1 Å². The van der Waals surface area contributed by atoms with Crippen molar-refractivity contribution >= 4 is 23.5 Å². The van der Waals surface area contributed by atoms with E-state index >= 15 is 0 Å². The minimum absolute atomic E-state index is 0.286. The Hall–Kier alpha value is -2.47. The molecule has 0 unspecified atom stereocenters. The quantitative estimate of drug-likeness (QED) is 0.462. The molecule has 2 aromatic rings. The first-order chi connectivity index (χ1) is 12.2. The zero-order valence-electron chi connectivity index (χ0n) is 13.8. The molecule has 0 saturated carbocycles. The Morgan fingerprint density at radius 1 is 1.08 bits per heavy atom. The van der Waals surface area contributed by atoms with E-state index in [9.17, 15) is 9.59 Å². The minimum Gasteiger partial charge on any atom is -0.490 e. The number of hydrogen-bond donors (Lipinski definition) is 0. The van der Waals surface area contributed by atoms with Crippen molar-refractivity contribution in [1.82, 2.24) is 0 Å². The molecule has 0 fully saturated rings. The van der Waals surface area contributed by atoms with Crippen molar-refractivity contribution in [1.29, 1.82) is 0 Å². The molecule has 0 aromatic heterocycles. The monoisotopic (exact) mass is 358 g/mol. The van der Waals surface area contributed by atoms with Crippen molar-refractivity contribution in [3.05, 3.63) is 53.6 Å². The number of esters is 1. The SMILES string of the molecule is CSc1ccccc1C(=O)OCC(=O)c1ccc2c(c1)OCCCO2. The maximum Gasteiger partial charge on any atom is 0.339 e. The summed E-state index contributed by atoms with van der Waals surface area (Å²) in [5.41, 5.74) is 0.886. The van der Waals surface area contributed by atoms with E-state index in [1.165, 1.54) is 11.8 Å². The fourth-order valence-electron chi connectivity index (χ4n) is 2.44. The Bertz CT molecular complexity index is 787. The number of ketones is 1. The summed E-state index contributed by atoms with van der Waals surface area (Å²) in [6.45, 7) is 0.818. The summed E-state index contributed by atoms with van der Waals surface area (Å²) in [7, 11) is 0. The molecule has 0 spiro atoms. The van der Waals surface area contributed by atoms with E-state index in [-0.39, 0.29) is 12.4 Å². The van der Waals surface area contributed by atoms with Crippen LogP contribution in [0.5, 0.6) is 11.5 Å². The number of thioether (sulfide) groups is 1. The van der Waals surface area contributed by atoms with Crippen LogP contribution in [0.15, 0.2) is 47.4 Å². The summed E-state index contributed by atoms with van der Waals surface area (Å²) in [5.74, 6) is 0.376.